The fraction of sp³-hybridized carbons (Fsp3) is 0.625. The van der Waals surface area contributed by atoms with E-state index < -0.39 is 0 Å². The van der Waals surface area contributed by atoms with Gasteiger partial charge in [-0.1, -0.05) is 24.4 Å². The van der Waals surface area contributed by atoms with Crippen LogP contribution >= 0.6 is 11.6 Å². The molecule has 1 saturated heterocycles. The molecular weight excluding hydrogens is 286 g/mol. The third-order valence-corrected chi connectivity index (χ3v) is 5.21. The van der Waals surface area contributed by atoms with Gasteiger partial charge in [-0.3, -0.25) is 14.7 Å². The van der Waals surface area contributed by atoms with E-state index in [0.717, 1.165) is 6.54 Å². The first-order valence-electron chi connectivity index (χ1n) is 7.84. The average molecular weight is 308 g/mol. The van der Waals surface area contributed by atoms with Crippen molar-refractivity contribution in [2.24, 2.45) is 0 Å². The first kappa shape index (κ1) is 14.8. The fourth-order valence-corrected chi connectivity index (χ4v) is 3.93. The van der Waals surface area contributed by atoms with Crippen molar-refractivity contribution in [1.82, 2.24) is 15.2 Å². The smallest absolute Gasteiger partial charge is 0.252 e. The zero-order valence-corrected chi connectivity index (χ0v) is 13.0. The van der Waals surface area contributed by atoms with Gasteiger partial charge in [-0.05, 0) is 44.8 Å². The number of pyridine rings is 1. The molecule has 1 saturated carbocycles. The van der Waals surface area contributed by atoms with Crippen LogP contribution in [0.4, 0.5) is 0 Å². The summed E-state index contributed by atoms with van der Waals surface area (Å²) in [7, 11) is 0. The van der Waals surface area contributed by atoms with E-state index in [1.165, 1.54) is 57.8 Å². The van der Waals surface area contributed by atoms with Gasteiger partial charge in [0.1, 0.15) is 0 Å². The molecule has 21 heavy (non-hydrogen) atoms. The summed E-state index contributed by atoms with van der Waals surface area (Å²) in [5, 5.41) is 3.52. The number of likely N-dealkylation sites (tertiary alicyclic amines) is 1. The summed E-state index contributed by atoms with van der Waals surface area (Å²) in [5.74, 6) is -0.0899. The molecule has 1 amide bonds. The molecule has 0 atom stereocenters. The minimum Gasteiger partial charge on any atom is -0.350 e. The highest BCUT2D eigenvalue weighted by Gasteiger charge is 2.40. The first-order valence-corrected chi connectivity index (χ1v) is 8.22. The van der Waals surface area contributed by atoms with Crippen molar-refractivity contribution < 1.29 is 4.79 Å². The summed E-state index contributed by atoms with van der Waals surface area (Å²) in [6.45, 7) is 3.07. The van der Waals surface area contributed by atoms with Gasteiger partial charge < -0.3 is 5.32 Å². The Morgan fingerprint density at radius 2 is 2.00 bits per heavy atom. The largest absolute Gasteiger partial charge is 0.350 e. The number of aromatic nitrogens is 1. The first-order chi connectivity index (χ1) is 10.2. The lowest BCUT2D eigenvalue weighted by atomic mass is 9.95. The Balaban J connectivity index is 1.67. The molecular formula is C16H22ClN3O. The molecule has 1 aromatic heterocycles. The second kappa shape index (κ2) is 6.32. The van der Waals surface area contributed by atoms with Gasteiger partial charge in [0.25, 0.3) is 5.91 Å². The van der Waals surface area contributed by atoms with E-state index >= 15 is 0 Å². The van der Waals surface area contributed by atoms with Crippen molar-refractivity contribution in [2.45, 2.75) is 44.1 Å². The number of halogens is 1. The summed E-state index contributed by atoms with van der Waals surface area (Å²) in [5.41, 5.74) is 0.687. The van der Waals surface area contributed by atoms with Crippen molar-refractivity contribution in [2.75, 3.05) is 19.6 Å². The van der Waals surface area contributed by atoms with Gasteiger partial charge in [-0.25, -0.2) is 0 Å². The lowest BCUT2D eigenvalue weighted by molar-refractivity contribution is 0.0860. The maximum absolute atomic E-state index is 12.3. The summed E-state index contributed by atoms with van der Waals surface area (Å²) in [4.78, 5) is 18.9. The minimum atomic E-state index is -0.0899. The van der Waals surface area contributed by atoms with Crippen molar-refractivity contribution in [3.63, 3.8) is 0 Å². The molecule has 1 aliphatic carbocycles. The highest BCUT2D eigenvalue weighted by molar-refractivity contribution is 6.33. The van der Waals surface area contributed by atoms with Crippen molar-refractivity contribution in [3.05, 3.63) is 29.0 Å². The third-order valence-electron chi connectivity index (χ3n) is 4.91. The second-order valence-electron chi connectivity index (χ2n) is 6.16. The van der Waals surface area contributed by atoms with E-state index in [-0.39, 0.29) is 11.4 Å². The molecule has 0 unspecified atom stereocenters. The van der Waals surface area contributed by atoms with E-state index in [9.17, 15) is 4.79 Å². The van der Waals surface area contributed by atoms with Gasteiger partial charge in [0.2, 0.25) is 0 Å². The van der Waals surface area contributed by atoms with Gasteiger partial charge in [0, 0.05) is 24.5 Å². The number of rotatable bonds is 4. The molecule has 0 spiro atoms. The molecule has 1 aromatic rings. The number of hydrogen-bond donors (Lipinski definition) is 1. The maximum atomic E-state index is 12.3. The lowest BCUT2D eigenvalue weighted by Crippen LogP contribution is -2.53. The predicted octanol–water partition coefficient (Wildman–Crippen LogP) is 2.87. The van der Waals surface area contributed by atoms with Crippen LogP contribution in [0.25, 0.3) is 0 Å². The quantitative estimate of drug-likeness (QED) is 0.930. The Labute approximate surface area is 130 Å². The second-order valence-corrected chi connectivity index (χ2v) is 6.57. The summed E-state index contributed by atoms with van der Waals surface area (Å²) in [6.07, 6.45) is 10.6. The lowest BCUT2D eigenvalue weighted by Gasteiger charge is -2.39. The average Bonchev–Trinajstić information content (AvgIpc) is 3.17. The maximum Gasteiger partial charge on any atom is 0.252 e. The Morgan fingerprint density at radius 1 is 1.29 bits per heavy atom. The number of nitrogens with one attached hydrogen (secondary N) is 1. The molecule has 5 heteroatoms. The molecule has 3 rings (SSSR count). The van der Waals surface area contributed by atoms with Crippen LogP contribution in [0, 0.1) is 0 Å². The highest BCUT2D eigenvalue weighted by atomic mass is 35.5. The molecule has 114 valence electrons. The number of amides is 1. The topological polar surface area (TPSA) is 45.2 Å². The van der Waals surface area contributed by atoms with Crippen LogP contribution in [0.2, 0.25) is 5.02 Å². The number of hydrogen-bond acceptors (Lipinski definition) is 3. The monoisotopic (exact) mass is 307 g/mol. The van der Waals surface area contributed by atoms with E-state index in [0.29, 0.717) is 10.6 Å². The van der Waals surface area contributed by atoms with E-state index in [2.05, 4.69) is 15.2 Å². The molecule has 0 bridgehead atoms. The van der Waals surface area contributed by atoms with Crippen LogP contribution in [-0.2, 0) is 0 Å². The zero-order valence-electron chi connectivity index (χ0n) is 12.3. The Kier molecular flexibility index (Phi) is 4.45. The van der Waals surface area contributed by atoms with E-state index in [1.807, 2.05) is 0 Å². The van der Waals surface area contributed by atoms with Crippen molar-refractivity contribution >= 4 is 17.5 Å². The molecule has 1 N–H and O–H groups in total. The standard InChI is InChI=1S/C16H22ClN3O/c17-14-11-18-8-5-13(14)15(21)19-12-16(6-1-2-7-16)20-9-3-4-10-20/h5,8,11H,1-4,6-7,9-10,12H2,(H,19,21). The Bertz CT molecular complexity index is 508. The Hall–Kier alpha value is -1.13. The molecule has 2 aliphatic rings. The number of carbonyl (C=O) groups excluding carboxylic acids is 1. The van der Waals surface area contributed by atoms with Gasteiger partial charge in [-0.2, -0.15) is 0 Å². The third kappa shape index (κ3) is 3.06. The summed E-state index contributed by atoms with van der Waals surface area (Å²) < 4.78 is 0. The molecule has 0 radical (unpaired) electrons. The number of nitrogens with zero attached hydrogens (tertiary/aromatic N) is 2. The van der Waals surface area contributed by atoms with Crippen LogP contribution in [0.1, 0.15) is 48.9 Å². The highest BCUT2D eigenvalue weighted by Crippen LogP contribution is 2.37. The summed E-state index contributed by atoms with van der Waals surface area (Å²) in [6, 6.07) is 1.68. The minimum absolute atomic E-state index is 0.0899. The normalized spacial score (nSPS) is 21.6. The van der Waals surface area contributed by atoms with Gasteiger partial charge in [0.05, 0.1) is 10.6 Å². The van der Waals surface area contributed by atoms with E-state index in [4.69, 9.17) is 11.6 Å². The van der Waals surface area contributed by atoms with Crippen molar-refractivity contribution in [1.29, 1.82) is 0 Å². The zero-order chi connectivity index (χ0) is 14.7. The summed E-state index contributed by atoms with van der Waals surface area (Å²) >= 11 is 6.04. The van der Waals surface area contributed by atoms with Gasteiger partial charge in [-0.15, -0.1) is 0 Å². The molecule has 4 nitrogen and oxygen atoms in total. The fourth-order valence-electron chi connectivity index (χ4n) is 3.73. The molecule has 0 aromatic carbocycles. The molecule has 2 heterocycles. The van der Waals surface area contributed by atoms with E-state index in [1.54, 1.807) is 12.3 Å². The number of carbonyl (C=O) groups is 1. The van der Waals surface area contributed by atoms with Crippen LogP contribution in [0.15, 0.2) is 18.5 Å². The van der Waals surface area contributed by atoms with Crippen LogP contribution in [0.3, 0.4) is 0 Å². The van der Waals surface area contributed by atoms with Crippen LogP contribution < -0.4 is 5.32 Å². The van der Waals surface area contributed by atoms with Gasteiger partial charge >= 0.3 is 0 Å². The van der Waals surface area contributed by atoms with Crippen LogP contribution in [-0.4, -0.2) is 41.0 Å². The molecule has 1 aliphatic heterocycles. The van der Waals surface area contributed by atoms with Gasteiger partial charge in [0.15, 0.2) is 0 Å². The van der Waals surface area contributed by atoms with Crippen molar-refractivity contribution in [3.8, 4) is 0 Å². The Morgan fingerprint density at radius 3 is 2.67 bits per heavy atom. The molecule has 2 fully saturated rings. The van der Waals surface area contributed by atoms with Crippen LogP contribution in [0.5, 0.6) is 0 Å². The SMILES string of the molecule is O=C(NCC1(N2CCCC2)CCCC1)c1ccncc1Cl. The predicted molar refractivity (Wildman–Crippen MR) is 83.6 cm³/mol.